The van der Waals surface area contributed by atoms with Gasteiger partial charge in [-0.15, -0.1) is 0 Å². The maximum atomic E-state index is 14.7. The van der Waals surface area contributed by atoms with Crippen molar-refractivity contribution in [1.29, 1.82) is 0 Å². The van der Waals surface area contributed by atoms with Gasteiger partial charge in [0.25, 0.3) is 10.0 Å². The van der Waals surface area contributed by atoms with Crippen LogP contribution >= 0.6 is 15.9 Å². The molecule has 0 aliphatic carbocycles. The molecule has 0 bridgehead atoms. The van der Waals surface area contributed by atoms with Crippen LogP contribution in [0.15, 0.2) is 143 Å². The van der Waals surface area contributed by atoms with E-state index >= 15 is 0 Å². The van der Waals surface area contributed by atoms with Gasteiger partial charge in [-0.2, -0.15) is 0 Å². The molecule has 0 fully saturated rings. The topological polar surface area (TPSA) is 96.0 Å². The predicted molar refractivity (Wildman–Crippen MR) is 201 cm³/mol. The molecule has 5 rings (SSSR count). The zero-order valence-electron chi connectivity index (χ0n) is 28.2. The summed E-state index contributed by atoms with van der Waals surface area (Å²) >= 11 is 3.47. The van der Waals surface area contributed by atoms with Crippen molar-refractivity contribution in [2.45, 2.75) is 50.7 Å². The molecule has 0 aromatic heterocycles. The summed E-state index contributed by atoms with van der Waals surface area (Å²) in [6.45, 7) is 5.13. The molecule has 0 radical (unpaired) electrons. The first-order valence-electron chi connectivity index (χ1n) is 16.3. The maximum absolute atomic E-state index is 14.7. The van der Waals surface area contributed by atoms with Crippen molar-refractivity contribution in [2.75, 3.05) is 10.8 Å². The molecule has 8 nitrogen and oxygen atoms in total. The third-order valence-corrected chi connectivity index (χ3v) is 10.3. The minimum atomic E-state index is -4.24. The van der Waals surface area contributed by atoms with Gasteiger partial charge >= 0.3 is 0 Å². The second kappa shape index (κ2) is 16.7. The van der Waals surface area contributed by atoms with Crippen molar-refractivity contribution >= 4 is 43.5 Å². The van der Waals surface area contributed by atoms with Crippen LogP contribution in [-0.4, -0.2) is 43.8 Å². The molecule has 0 saturated carbocycles. The van der Waals surface area contributed by atoms with Crippen molar-refractivity contribution in [1.82, 2.24) is 10.2 Å². The van der Waals surface area contributed by atoms with Gasteiger partial charge in [-0.05, 0) is 92.6 Å². The summed E-state index contributed by atoms with van der Waals surface area (Å²) in [6, 6.07) is 38.1. The van der Waals surface area contributed by atoms with Gasteiger partial charge in [0, 0.05) is 23.5 Å². The highest BCUT2D eigenvalue weighted by Gasteiger charge is 2.35. The third-order valence-electron chi connectivity index (χ3n) is 7.96. The Morgan fingerprint density at radius 1 is 0.740 bits per heavy atom. The lowest BCUT2D eigenvalue weighted by atomic mass is 10.0. The van der Waals surface area contributed by atoms with Crippen LogP contribution in [0.2, 0.25) is 0 Å². The van der Waals surface area contributed by atoms with Gasteiger partial charge in [0.1, 0.15) is 24.1 Å². The Labute approximate surface area is 302 Å². The van der Waals surface area contributed by atoms with E-state index < -0.39 is 28.5 Å². The molecule has 10 heteroatoms. The average molecular weight is 755 g/mol. The number of para-hydroxylation sites is 1. The van der Waals surface area contributed by atoms with E-state index in [1.54, 1.807) is 36.4 Å². The average Bonchev–Trinajstić information content (AvgIpc) is 3.10. The number of ether oxygens (including phenoxy) is 1. The first-order chi connectivity index (χ1) is 24.0. The van der Waals surface area contributed by atoms with Gasteiger partial charge in [0.05, 0.1) is 10.6 Å². The lowest BCUT2D eigenvalue weighted by Gasteiger charge is -2.34. The summed E-state index contributed by atoms with van der Waals surface area (Å²) < 4.78 is 36.6. The summed E-state index contributed by atoms with van der Waals surface area (Å²) in [5, 5.41) is 2.98. The van der Waals surface area contributed by atoms with Crippen LogP contribution in [0, 0.1) is 6.92 Å². The highest BCUT2D eigenvalue weighted by molar-refractivity contribution is 9.10. The number of sulfonamides is 1. The molecule has 0 spiro atoms. The molecule has 1 N–H and O–H groups in total. The van der Waals surface area contributed by atoms with Crippen LogP contribution in [0.1, 0.15) is 30.5 Å². The molecule has 2 amide bonds. The fourth-order valence-electron chi connectivity index (χ4n) is 5.39. The number of hydrogen-bond donors (Lipinski definition) is 1. The first-order valence-corrected chi connectivity index (χ1v) is 18.5. The summed E-state index contributed by atoms with van der Waals surface area (Å²) in [4.78, 5) is 30.1. The zero-order chi connectivity index (χ0) is 35.7. The van der Waals surface area contributed by atoms with E-state index in [1.807, 2.05) is 106 Å². The van der Waals surface area contributed by atoms with Gasteiger partial charge in [-0.3, -0.25) is 13.9 Å². The quantitative estimate of drug-likeness (QED) is 0.124. The first kappa shape index (κ1) is 36.4. The molecule has 258 valence electrons. The van der Waals surface area contributed by atoms with Crippen LogP contribution in [0.25, 0.3) is 0 Å². The number of rotatable bonds is 14. The fourth-order valence-corrected chi connectivity index (χ4v) is 7.07. The predicted octanol–water partition coefficient (Wildman–Crippen LogP) is 7.91. The van der Waals surface area contributed by atoms with Crippen LogP contribution in [0.3, 0.4) is 0 Å². The Morgan fingerprint density at radius 3 is 1.92 bits per heavy atom. The Bertz CT molecular complexity index is 1970. The molecule has 50 heavy (non-hydrogen) atoms. The normalized spacial score (nSPS) is 11.9. The molecule has 0 aliphatic rings. The molecule has 5 aromatic rings. The van der Waals surface area contributed by atoms with E-state index in [4.69, 9.17) is 4.74 Å². The highest BCUT2D eigenvalue weighted by atomic mass is 79.9. The molecular formula is C40H40BrN3O5S. The van der Waals surface area contributed by atoms with E-state index in [0.29, 0.717) is 11.5 Å². The lowest BCUT2D eigenvalue weighted by Crippen LogP contribution is -2.54. The SMILES string of the molecule is Cc1ccc(S(=O)(=O)N(CC(=O)N(Cc2ccc(Br)cc2)[C@H](Cc2ccccc2)C(=O)NC(C)C)c2ccc(Oc3ccccc3)cc2)cc1. The van der Waals surface area contributed by atoms with Crippen molar-refractivity contribution in [3.63, 3.8) is 0 Å². The number of carbonyl (C=O) groups is 2. The number of carbonyl (C=O) groups excluding carboxylic acids is 2. The fraction of sp³-hybridized carbons (Fsp3) is 0.200. The van der Waals surface area contributed by atoms with Crippen molar-refractivity contribution in [2.24, 2.45) is 0 Å². The molecule has 0 heterocycles. The number of hydrogen-bond acceptors (Lipinski definition) is 5. The largest absolute Gasteiger partial charge is 0.457 e. The second-order valence-electron chi connectivity index (χ2n) is 12.3. The van der Waals surface area contributed by atoms with Crippen LogP contribution in [0.5, 0.6) is 11.5 Å². The van der Waals surface area contributed by atoms with E-state index in [0.717, 1.165) is 25.5 Å². The highest BCUT2D eigenvalue weighted by Crippen LogP contribution is 2.29. The maximum Gasteiger partial charge on any atom is 0.264 e. The Morgan fingerprint density at radius 2 is 1.32 bits per heavy atom. The van der Waals surface area contributed by atoms with E-state index in [2.05, 4.69) is 21.2 Å². The molecule has 0 saturated heterocycles. The van der Waals surface area contributed by atoms with E-state index in [9.17, 15) is 18.0 Å². The smallest absolute Gasteiger partial charge is 0.264 e. The molecule has 1 atom stereocenters. The minimum absolute atomic E-state index is 0.0401. The van der Waals surface area contributed by atoms with Crippen LogP contribution in [-0.2, 0) is 32.6 Å². The molecule has 5 aromatic carbocycles. The summed E-state index contributed by atoms with van der Waals surface area (Å²) in [5.41, 5.74) is 2.82. The molecule has 0 aliphatic heterocycles. The van der Waals surface area contributed by atoms with Gasteiger partial charge in [-0.1, -0.05) is 94.3 Å². The van der Waals surface area contributed by atoms with Gasteiger partial charge in [-0.25, -0.2) is 8.42 Å². The number of benzene rings is 5. The van der Waals surface area contributed by atoms with E-state index in [1.165, 1.54) is 17.0 Å². The second-order valence-corrected chi connectivity index (χ2v) is 15.0. The number of amides is 2. The van der Waals surface area contributed by atoms with Crippen molar-refractivity contribution in [3.8, 4) is 11.5 Å². The molecular weight excluding hydrogens is 714 g/mol. The van der Waals surface area contributed by atoms with Crippen LogP contribution < -0.4 is 14.4 Å². The van der Waals surface area contributed by atoms with Crippen molar-refractivity contribution in [3.05, 3.63) is 155 Å². The third kappa shape index (κ3) is 9.61. The number of nitrogens with one attached hydrogen (secondary N) is 1. The monoisotopic (exact) mass is 753 g/mol. The number of nitrogens with zero attached hydrogens (tertiary/aromatic N) is 2. The molecule has 0 unspecified atom stereocenters. The Kier molecular flexibility index (Phi) is 12.1. The Hall–Kier alpha value is -4.93. The number of halogens is 1. The number of anilines is 1. The minimum Gasteiger partial charge on any atom is -0.457 e. The number of aryl methyl sites for hydroxylation is 1. The zero-order valence-corrected chi connectivity index (χ0v) is 30.6. The summed E-state index contributed by atoms with van der Waals surface area (Å²) in [7, 11) is -4.24. The van der Waals surface area contributed by atoms with Gasteiger partial charge in [0.2, 0.25) is 11.8 Å². The Balaban J connectivity index is 1.55. The van der Waals surface area contributed by atoms with E-state index in [-0.39, 0.29) is 35.5 Å². The lowest BCUT2D eigenvalue weighted by molar-refractivity contribution is -0.140. The van der Waals surface area contributed by atoms with Gasteiger partial charge in [0.15, 0.2) is 0 Å². The van der Waals surface area contributed by atoms with Gasteiger partial charge < -0.3 is 15.0 Å². The standard InChI is InChI=1S/C40H40BrN3O5S/c1-29(2)42-40(46)38(26-31-10-6-4-7-11-31)43(27-32-16-18-33(41)19-17-32)39(45)28-44(50(47,48)37-24-14-30(3)15-25-37)34-20-22-36(23-21-34)49-35-12-8-5-9-13-35/h4-25,29,38H,26-28H2,1-3H3,(H,42,46)/t38-/m1/s1. The summed E-state index contributed by atoms with van der Waals surface area (Å²) in [5.74, 6) is 0.272. The summed E-state index contributed by atoms with van der Waals surface area (Å²) in [6.07, 6.45) is 0.234. The van der Waals surface area contributed by atoms with Crippen LogP contribution in [0.4, 0.5) is 5.69 Å². The van der Waals surface area contributed by atoms with Crippen molar-refractivity contribution < 1.29 is 22.7 Å².